The number of anilines is 1. The van der Waals surface area contributed by atoms with Crippen LogP contribution in [0.5, 0.6) is 0 Å². The van der Waals surface area contributed by atoms with Crippen LogP contribution in [0.25, 0.3) is 0 Å². The minimum atomic E-state index is -0.618. The molecule has 0 amide bonds. The molecule has 1 heterocycles. The first kappa shape index (κ1) is 15.7. The predicted octanol–water partition coefficient (Wildman–Crippen LogP) is 4.08. The Labute approximate surface area is 133 Å². The fourth-order valence-electron chi connectivity index (χ4n) is 2.49. The fourth-order valence-corrected chi connectivity index (χ4v) is 3.98. The van der Waals surface area contributed by atoms with Crippen LogP contribution in [0.1, 0.15) is 26.7 Å². The van der Waals surface area contributed by atoms with Gasteiger partial charge in [0, 0.05) is 15.4 Å². The summed E-state index contributed by atoms with van der Waals surface area (Å²) in [4.78, 5) is 12.5. The summed E-state index contributed by atoms with van der Waals surface area (Å²) in [6, 6.07) is 7.91. The van der Waals surface area contributed by atoms with Crippen LogP contribution < -0.4 is 5.32 Å². The first-order chi connectivity index (χ1) is 9.58. The van der Waals surface area contributed by atoms with Crippen molar-refractivity contribution in [3.05, 3.63) is 28.7 Å². The second kappa shape index (κ2) is 6.85. The Morgan fingerprint density at radius 1 is 1.50 bits per heavy atom. The van der Waals surface area contributed by atoms with E-state index in [1.807, 2.05) is 43.0 Å². The number of benzene rings is 1. The van der Waals surface area contributed by atoms with Gasteiger partial charge < -0.3 is 10.1 Å². The second-order valence-electron chi connectivity index (χ2n) is 4.94. The summed E-state index contributed by atoms with van der Waals surface area (Å²) in [5.41, 5.74) is 0.336. The van der Waals surface area contributed by atoms with E-state index in [2.05, 4.69) is 28.2 Å². The summed E-state index contributed by atoms with van der Waals surface area (Å²) in [6.07, 6.45) is 1.84. The number of halogens is 1. The molecule has 1 aromatic rings. The van der Waals surface area contributed by atoms with Crippen LogP contribution in [0.15, 0.2) is 28.7 Å². The van der Waals surface area contributed by atoms with Gasteiger partial charge in [0.15, 0.2) is 0 Å². The first-order valence-electron chi connectivity index (χ1n) is 6.91. The molecule has 2 unspecified atom stereocenters. The molecule has 2 rings (SSSR count). The van der Waals surface area contributed by atoms with Gasteiger partial charge in [0.2, 0.25) is 0 Å². The molecule has 0 bridgehead atoms. The molecule has 0 radical (unpaired) electrons. The highest BCUT2D eigenvalue weighted by Crippen LogP contribution is 2.37. The van der Waals surface area contributed by atoms with Crippen LogP contribution in [-0.4, -0.2) is 29.1 Å². The van der Waals surface area contributed by atoms with E-state index in [0.29, 0.717) is 6.61 Å². The maximum absolute atomic E-state index is 12.5. The Balaban J connectivity index is 2.26. The minimum Gasteiger partial charge on any atom is -0.464 e. The molecular formula is C15H20BrNO2S. The average Bonchev–Trinajstić information content (AvgIpc) is 2.44. The molecule has 0 spiro atoms. The lowest BCUT2D eigenvalue weighted by Gasteiger charge is -2.41. The molecule has 5 heteroatoms. The van der Waals surface area contributed by atoms with Gasteiger partial charge in [-0.15, -0.1) is 0 Å². The summed E-state index contributed by atoms with van der Waals surface area (Å²) >= 11 is 5.26. The smallest absolute Gasteiger partial charge is 0.332 e. The molecule has 0 saturated carbocycles. The van der Waals surface area contributed by atoms with Gasteiger partial charge in [-0.25, -0.2) is 4.79 Å². The highest BCUT2D eigenvalue weighted by molar-refractivity contribution is 9.10. The first-order valence-corrected chi connectivity index (χ1v) is 8.75. The Morgan fingerprint density at radius 3 is 2.80 bits per heavy atom. The van der Waals surface area contributed by atoms with Crippen molar-refractivity contribution in [2.75, 3.05) is 17.7 Å². The van der Waals surface area contributed by atoms with Gasteiger partial charge in [-0.2, -0.15) is 11.8 Å². The molecule has 1 aliphatic rings. The molecular weight excluding hydrogens is 338 g/mol. The van der Waals surface area contributed by atoms with E-state index in [1.165, 1.54) is 0 Å². The molecule has 1 aromatic carbocycles. The van der Waals surface area contributed by atoms with Gasteiger partial charge in [0.25, 0.3) is 0 Å². The van der Waals surface area contributed by atoms with Crippen LogP contribution in [0, 0.1) is 0 Å². The molecule has 1 N–H and O–H groups in total. The second-order valence-corrected chi connectivity index (χ2v) is 7.30. The zero-order chi connectivity index (χ0) is 14.6. The van der Waals surface area contributed by atoms with Gasteiger partial charge in [-0.3, -0.25) is 0 Å². The molecule has 1 saturated heterocycles. The zero-order valence-corrected chi connectivity index (χ0v) is 14.2. The van der Waals surface area contributed by atoms with Gasteiger partial charge >= 0.3 is 5.97 Å². The molecule has 2 atom stereocenters. The number of carbonyl (C=O) groups is 1. The highest BCUT2D eigenvalue weighted by atomic mass is 79.9. The number of rotatable bonds is 4. The standard InChI is InChI=1S/C15H20BrNO2S/c1-3-19-14(18)15(9-4-10-20-11(15)2)17-13-7-5-12(16)6-8-13/h5-8,11,17H,3-4,9-10H2,1-2H3. The largest absolute Gasteiger partial charge is 0.464 e. The van der Waals surface area contributed by atoms with Crippen LogP contribution in [0.2, 0.25) is 0 Å². The number of hydrogen-bond donors (Lipinski definition) is 1. The van der Waals surface area contributed by atoms with Crippen LogP contribution in [-0.2, 0) is 9.53 Å². The maximum Gasteiger partial charge on any atom is 0.332 e. The van der Waals surface area contributed by atoms with Gasteiger partial charge in [-0.1, -0.05) is 22.9 Å². The van der Waals surface area contributed by atoms with E-state index in [9.17, 15) is 4.79 Å². The van der Waals surface area contributed by atoms with E-state index in [1.54, 1.807) is 0 Å². The van der Waals surface area contributed by atoms with Crippen LogP contribution >= 0.6 is 27.7 Å². The van der Waals surface area contributed by atoms with Gasteiger partial charge in [0.05, 0.1) is 6.61 Å². The normalized spacial score (nSPS) is 26.1. The van der Waals surface area contributed by atoms with E-state index >= 15 is 0 Å². The third-order valence-corrected chi connectivity index (χ3v) is 5.58. The molecule has 20 heavy (non-hydrogen) atoms. The Kier molecular flexibility index (Phi) is 5.38. The number of hydrogen-bond acceptors (Lipinski definition) is 4. The van der Waals surface area contributed by atoms with Gasteiger partial charge in [-0.05, 0) is 49.8 Å². The molecule has 0 aliphatic carbocycles. The zero-order valence-electron chi connectivity index (χ0n) is 11.8. The van der Waals surface area contributed by atoms with Gasteiger partial charge in [0.1, 0.15) is 5.54 Å². The number of ether oxygens (including phenoxy) is 1. The Bertz CT molecular complexity index is 465. The molecule has 1 fully saturated rings. The quantitative estimate of drug-likeness (QED) is 0.824. The number of esters is 1. The lowest BCUT2D eigenvalue weighted by Crippen LogP contribution is -2.56. The average molecular weight is 358 g/mol. The molecule has 3 nitrogen and oxygen atoms in total. The summed E-state index contributed by atoms with van der Waals surface area (Å²) < 4.78 is 6.35. The van der Waals surface area contributed by atoms with Crippen molar-refractivity contribution in [3.8, 4) is 0 Å². The summed E-state index contributed by atoms with van der Waals surface area (Å²) in [6.45, 7) is 4.37. The summed E-state index contributed by atoms with van der Waals surface area (Å²) in [5, 5.41) is 3.63. The summed E-state index contributed by atoms with van der Waals surface area (Å²) in [7, 11) is 0. The third kappa shape index (κ3) is 3.31. The lowest BCUT2D eigenvalue weighted by molar-refractivity contribution is -0.148. The topological polar surface area (TPSA) is 38.3 Å². The van der Waals surface area contributed by atoms with E-state index in [-0.39, 0.29) is 11.2 Å². The van der Waals surface area contributed by atoms with Crippen LogP contribution in [0.4, 0.5) is 5.69 Å². The third-order valence-electron chi connectivity index (χ3n) is 3.63. The van der Waals surface area contributed by atoms with Crippen molar-refractivity contribution in [2.45, 2.75) is 37.5 Å². The van der Waals surface area contributed by atoms with Crippen LogP contribution in [0.3, 0.4) is 0 Å². The highest BCUT2D eigenvalue weighted by Gasteiger charge is 2.46. The van der Waals surface area contributed by atoms with Crippen molar-refractivity contribution >= 4 is 39.3 Å². The SMILES string of the molecule is CCOC(=O)C1(Nc2ccc(Br)cc2)CCCSC1C. The van der Waals surface area contributed by atoms with E-state index in [4.69, 9.17) is 4.74 Å². The molecule has 110 valence electrons. The predicted molar refractivity (Wildman–Crippen MR) is 88.3 cm³/mol. The lowest BCUT2D eigenvalue weighted by atomic mass is 9.89. The van der Waals surface area contributed by atoms with E-state index in [0.717, 1.165) is 28.8 Å². The molecule has 1 aliphatic heterocycles. The molecule has 0 aromatic heterocycles. The van der Waals surface area contributed by atoms with Crippen molar-refractivity contribution in [1.29, 1.82) is 0 Å². The summed E-state index contributed by atoms with van der Waals surface area (Å²) in [5.74, 6) is 0.965. The Hall–Kier alpha value is -0.680. The van der Waals surface area contributed by atoms with Crippen molar-refractivity contribution in [1.82, 2.24) is 0 Å². The maximum atomic E-state index is 12.5. The number of nitrogens with one attached hydrogen (secondary N) is 1. The number of thioether (sulfide) groups is 1. The van der Waals surface area contributed by atoms with E-state index < -0.39 is 5.54 Å². The van der Waals surface area contributed by atoms with Crippen molar-refractivity contribution in [3.63, 3.8) is 0 Å². The van der Waals surface area contributed by atoms with Crippen molar-refractivity contribution < 1.29 is 9.53 Å². The number of carbonyl (C=O) groups excluding carboxylic acids is 1. The van der Waals surface area contributed by atoms with Crippen molar-refractivity contribution in [2.24, 2.45) is 0 Å². The minimum absolute atomic E-state index is 0.136. The fraction of sp³-hybridized carbons (Fsp3) is 0.533. The monoisotopic (exact) mass is 357 g/mol. The Morgan fingerprint density at radius 2 is 2.20 bits per heavy atom.